The Morgan fingerprint density at radius 3 is 2.89 bits per heavy atom. The molecule has 0 spiro atoms. The number of rotatable bonds is 5. The molecule has 0 unspecified atom stereocenters. The fraction of sp³-hybridized carbons (Fsp3) is 0.333. The first-order valence-corrected chi connectivity index (χ1v) is 5.91. The fourth-order valence-corrected chi connectivity index (χ4v) is 1.74. The number of aromatic nitrogens is 2. The molecule has 100 valence electrons. The van der Waals surface area contributed by atoms with E-state index >= 15 is 0 Å². The number of para-hydroxylation sites is 1. The van der Waals surface area contributed by atoms with Crippen LogP contribution in [-0.2, 0) is 6.54 Å². The van der Waals surface area contributed by atoms with Gasteiger partial charge in [-0.2, -0.15) is 0 Å². The molecule has 0 aliphatic heterocycles. The molecule has 0 atom stereocenters. The van der Waals surface area contributed by atoms with E-state index in [2.05, 4.69) is 15.5 Å². The molecule has 1 N–H and O–H groups in total. The molecule has 0 bridgehead atoms. The molecule has 7 nitrogen and oxygen atoms in total. The van der Waals surface area contributed by atoms with E-state index in [1.807, 2.05) is 6.92 Å². The normalized spacial score (nSPS) is 10.6. The van der Waals surface area contributed by atoms with Crippen LogP contribution in [0.3, 0.4) is 0 Å². The molecule has 1 aromatic heterocycles. The average molecular weight is 262 g/mol. The van der Waals surface area contributed by atoms with Gasteiger partial charge in [-0.05, 0) is 19.5 Å². The number of nitrogens with one attached hydrogen (secondary N) is 1. The topological polar surface area (TPSA) is 94.1 Å². The minimum atomic E-state index is -0.432. The van der Waals surface area contributed by atoms with Gasteiger partial charge in [-0.1, -0.05) is 19.1 Å². The first-order valence-electron chi connectivity index (χ1n) is 5.91. The third kappa shape index (κ3) is 2.76. The van der Waals surface area contributed by atoms with Gasteiger partial charge in [0.2, 0.25) is 5.89 Å². The summed E-state index contributed by atoms with van der Waals surface area (Å²) in [4.78, 5) is 10.7. The van der Waals surface area contributed by atoms with E-state index in [-0.39, 0.29) is 11.6 Å². The lowest BCUT2D eigenvalue weighted by Gasteiger charge is -2.01. The molecule has 2 aromatic rings. The maximum Gasteiger partial charge on any atom is 0.284 e. The van der Waals surface area contributed by atoms with Crippen LogP contribution in [0.4, 0.5) is 5.69 Å². The minimum absolute atomic E-state index is 0.00107. The van der Waals surface area contributed by atoms with Gasteiger partial charge in [0.05, 0.1) is 11.5 Å². The Labute approximate surface area is 109 Å². The number of aryl methyl sites for hydroxylation is 1. The molecular weight excluding hydrogens is 248 g/mol. The molecular formula is C12H14N4O3. The first kappa shape index (κ1) is 13.2. The summed E-state index contributed by atoms with van der Waals surface area (Å²) < 4.78 is 5.43. The summed E-state index contributed by atoms with van der Waals surface area (Å²) in [6.45, 7) is 4.87. The van der Waals surface area contributed by atoms with Gasteiger partial charge < -0.3 is 9.73 Å². The van der Waals surface area contributed by atoms with E-state index < -0.39 is 4.92 Å². The van der Waals surface area contributed by atoms with Crippen molar-refractivity contribution in [3.05, 3.63) is 39.8 Å². The van der Waals surface area contributed by atoms with E-state index in [0.29, 0.717) is 23.6 Å². The Bertz CT molecular complexity index is 594. The van der Waals surface area contributed by atoms with E-state index in [4.69, 9.17) is 4.42 Å². The second kappa shape index (κ2) is 5.57. The van der Waals surface area contributed by atoms with Crippen molar-refractivity contribution in [3.8, 4) is 11.5 Å². The second-order valence-electron chi connectivity index (χ2n) is 4.01. The molecule has 1 aromatic carbocycles. The monoisotopic (exact) mass is 262 g/mol. The number of nitro benzene ring substituents is 1. The van der Waals surface area contributed by atoms with Crippen LogP contribution in [0.25, 0.3) is 11.5 Å². The van der Waals surface area contributed by atoms with Gasteiger partial charge in [0, 0.05) is 5.56 Å². The maximum atomic E-state index is 11.1. The molecule has 0 saturated heterocycles. The average Bonchev–Trinajstić information content (AvgIpc) is 2.84. The molecule has 2 rings (SSSR count). The Morgan fingerprint density at radius 2 is 2.21 bits per heavy atom. The highest BCUT2D eigenvalue weighted by Gasteiger charge is 2.22. The molecule has 1 heterocycles. The first-order chi connectivity index (χ1) is 9.13. The SMILES string of the molecule is CCNCc1nnc(-c2cccc(C)c2[N+](=O)[O-])o1. The van der Waals surface area contributed by atoms with Crippen LogP contribution in [0.2, 0.25) is 0 Å². The smallest absolute Gasteiger partial charge is 0.284 e. The quantitative estimate of drug-likeness (QED) is 0.654. The summed E-state index contributed by atoms with van der Waals surface area (Å²) in [7, 11) is 0. The van der Waals surface area contributed by atoms with Crippen molar-refractivity contribution < 1.29 is 9.34 Å². The van der Waals surface area contributed by atoms with Crippen molar-refractivity contribution in [1.82, 2.24) is 15.5 Å². The van der Waals surface area contributed by atoms with E-state index in [0.717, 1.165) is 6.54 Å². The number of hydrogen-bond donors (Lipinski definition) is 1. The minimum Gasteiger partial charge on any atom is -0.419 e. The predicted octanol–water partition coefficient (Wildman–Crippen LogP) is 2.06. The molecule has 7 heteroatoms. The largest absolute Gasteiger partial charge is 0.419 e. The molecule has 0 radical (unpaired) electrons. The third-order valence-corrected chi connectivity index (χ3v) is 2.64. The molecule has 0 amide bonds. The van der Waals surface area contributed by atoms with Crippen molar-refractivity contribution in [2.24, 2.45) is 0 Å². The van der Waals surface area contributed by atoms with Crippen molar-refractivity contribution in [1.29, 1.82) is 0 Å². The molecule has 0 saturated carbocycles. The third-order valence-electron chi connectivity index (χ3n) is 2.64. The Balaban J connectivity index is 2.39. The van der Waals surface area contributed by atoms with Crippen LogP contribution in [0.5, 0.6) is 0 Å². The highest BCUT2D eigenvalue weighted by molar-refractivity contribution is 5.69. The molecule has 19 heavy (non-hydrogen) atoms. The van der Waals surface area contributed by atoms with Gasteiger partial charge >= 0.3 is 0 Å². The number of nitro groups is 1. The Morgan fingerprint density at radius 1 is 1.42 bits per heavy atom. The Hall–Kier alpha value is -2.28. The van der Waals surface area contributed by atoms with Crippen LogP contribution in [0.15, 0.2) is 22.6 Å². The van der Waals surface area contributed by atoms with Gasteiger partial charge in [-0.25, -0.2) is 0 Å². The standard InChI is InChI=1S/C12H14N4O3/c1-3-13-7-10-14-15-12(19-10)9-6-4-5-8(2)11(9)16(17)18/h4-6,13H,3,7H2,1-2H3. The summed E-state index contributed by atoms with van der Waals surface area (Å²) in [5.74, 6) is 0.580. The maximum absolute atomic E-state index is 11.1. The summed E-state index contributed by atoms with van der Waals surface area (Å²) in [6, 6.07) is 5.01. The van der Waals surface area contributed by atoms with E-state index in [1.165, 1.54) is 0 Å². The zero-order valence-electron chi connectivity index (χ0n) is 10.7. The highest BCUT2D eigenvalue weighted by Crippen LogP contribution is 2.31. The molecule has 0 fully saturated rings. The van der Waals surface area contributed by atoms with Gasteiger partial charge in [0.25, 0.3) is 11.6 Å². The predicted molar refractivity (Wildman–Crippen MR) is 68.5 cm³/mol. The van der Waals surface area contributed by atoms with Crippen molar-refractivity contribution in [2.45, 2.75) is 20.4 Å². The number of hydrogen-bond acceptors (Lipinski definition) is 6. The van der Waals surface area contributed by atoms with Crippen molar-refractivity contribution in [2.75, 3.05) is 6.54 Å². The zero-order chi connectivity index (χ0) is 13.8. The number of nitrogens with zero attached hydrogens (tertiary/aromatic N) is 3. The Kier molecular flexibility index (Phi) is 3.86. The van der Waals surface area contributed by atoms with Crippen LogP contribution in [-0.4, -0.2) is 21.7 Å². The molecule has 0 aliphatic carbocycles. The lowest BCUT2D eigenvalue weighted by molar-refractivity contribution is -0.384. The van der Waals surface area contributed by atoms with Crippen molar-refractivity contribution in [3.63, 3.8) is 0 Å². The lowest BCUT2D eigenvalue weighted by atomic mass is 10.1. The van der Waals surface area contributed by atoms with Gasteiger partial charge in [0.1, 0.15) is 5.56 Å². The molecule has 0 aliphatic rings. The van der Waals surface area contributed by atoms with Crippen LogP contribution >= 0.6 is 0 Å². The highest BCUT2D eigenvalue weighted by atomic mass is 16.6. The second-order valence-corrected chi connectivity index (χ2v) is 4.01. The van der Waals surface area contributed by atoms with Crippen LogP contribution in [0, 0.1) is 17.0 Å². The van der Waals surface area contributed by atoms with Crippen molar-refractivity contribution >= 4 is 5.69 Å². The van der Waals surface area contributed by atoms with Gasteiger partial charge in [0.15, 0.2) is 0 Å². The van der Waals surface area contributed by atoms with E-state index in [1.54, 1.807) is 25.1 Å². The van der Waals surface area contributed by atoms with Gasteiger partial charge in [-0.3, -0.25) is 10.1 Å². The lowest BCUT2D eigenvalue weighted by Crippen LogP contribution is -2.11. The van der Waals surface area contributed by atoms with Crippen LogP contribution in [0.1, 0.15) is 18.4 Å². The van der Waals surface area contributed by atoms with Gasteiger partial charge in [-0.15, -0.1) is 10.2 Å². The summed E-state index contributed by atoms with van der Waals surface area (Å²) >= 11 is 0. The van der Waals surface area contributed by atoms with E-state index in [9.17, 15) is 10.1 Å². The zero-order valence-corrected chi connectivity index (χ0v) is 10.7. The fourth-order valence-electron chi connectivity index (χ4n) is 1.74. The summed E-state index contributed by atoms with van der Waals surface area (Å²) in [6.07, 6.45) is 0. The van der Waals surface area contributed by atoms with Crippen LogP contribution < -0.4 is 5.32 Å². The summed E-state index contributed by atoms with van der Waals surface area (Å²) in [5, 5.41) is 21.9. The summed E-state index contributed by atoms with van der Waals surface area (Å²) in [5.41, 5.74) is 0.912. The number of benzene rings is 1.